The Hall–Kier alpha value is -2.66. The molecule has 0 atom stereocenters. The number of ether oxygens (including phenoxy) is 2. The van der Waals surface area contributed by atoms with E-state index in [1.165, 1.54) is 16.4 Å². The molecule has 11 heteroatoms. The molecule has 2 aromatic rings. The highest BCUT2D eigenvalue weighted by Gasteiger charge is 2.39. The van der Waals surface area contributed by atoms with Crippen molar-refractivity contribution in [2.24, 2.45) is 5.92 Å². The van der Waals surface area contributed by atoms with E-state index >= 15 is 0 Å². The minimum absolute atomic E-state index is 0.153. The number of rotatable bonds is 6. The molecule has 5 rings (SSSR count). The fourth-order valence-corrected chi connectivity index (χ4v) is 4.85. The van der Waals surface area contributed by atoms with Crippen molar-refractivity contribution in [3.8, 4) is 11.5 Å². The van der Waals surface area contributed by atoms with E-state index in [2.05, 4.69) is 15.6 Å². The third-order valence-electron chi connectivity index (χ3n) is 5.35. The molecular formula is C18H21N5O5S. The Balaban J connectivity index is 1.23. The van der Waals surface area contributed by atoms with Crippen LogP contribution in [0.25, 0.3) is 0 Å². The number of carbonyl (C=O) groups excluding carboxylic acids is 1. The summed E-state index contributed by atoms with van der Waals surface area (Å²) >= 11 is 0. The highest BCUT2D eigenvalue weighted by Crippen LogP contribution is 2.35. The molecule has 1 amide bonds. The van der Waals surface area contributed by atoms with Crippen LogP contribution in [0.5, 0.6) is 11.5 Å². The molecule has 3 aliphatic rings. The van der Waals surface area contributed by atoms with Crippen molar-refractivity contribution < 1.29 is 22.7 Å². The predicted molar refractivity (Wildman–Crippen MR) is 100 cm³/mol. The average Bonchev–Trinajstić information content (AvgIpc) is 3.40. The molecule has 1 aliphatic carbocycles. The van der Waals surface area contributed by atoms with E-state index in [4.69, 9.17) is 9.47 Å². The molecule has 2 aliphatic heterocycles. The Kier molecular flexibility index (Phi) is 4.43. The fraction of sp³-hybridized carbons (Fsp3) is 0.500. The Morgan fingerprint density at radius 2 is 1.93 bits per heavy atom. The Morgan fingerprint density at radius 1 is 1.17 bits per heavy atom. The molecule has 1 N–H and O–H groups in total. The van der Waals surface area contributed by atoms with Crippen molar-refractivity contribution in [1.82, 2.24) is 24.6 Å². The lowest BCUT2D eigenvalue weighted by atomic mass is 10.2. The first-order chi connectivity index (χ1) is 14.0. The van der Waals surface area contributed by atoms with Crippen molar-refractivity contribution >= 4 is 15.9 Å². The summed E-state index contributed by atoms with van der Waals surface area (Å²) in [5.41, 5.74) is 0.249. The van der Waals surface area contributed by atoms with Crippen molar-refractivity contribution in [3.63, 3.8) is 0 Å². The summed E-state index contributed by atoms with van der Waals surface area (Å²) in [7, 11) is -3.64. The van der Waals surface area contributed by atoms with Gasteiger partial charge >= 0.3 is 0 Å². The van der Waals surface area contributed by atoms with Crippen LogP contribution in [0, 0.1) is 5.92 Å². The van der Waals surface area contributed by atoms with Gasteiger partial charge in [-0.15, -0.1) is 5.10 Å². The molecule has 154 valence electrons. The topological polar surface area (TPSA) is 116 Å². The lowest BCUT2D eigenvalue weighted by Crippen LogP contribution is -2.50. The van der Waals surface area contributed by atoms with E-state index < -0.39 is 10.0 Å². The maximum atomic E-state index is 12.9. The van der Waals surface area contributed by atoms with Crippen LogP contribution in [0.15, 0.2) is 29.3 Å². The van der Waals surface area contributed by atoms with Gasteiger partial charge in [-0.2, -0.15) is 4.31 Å². The highest BCUT2D eigenvalue weighted by atomic mass is 32.2. The Labute approximate surface area is 167 Å². The van der Waals surface area contributed by atoms with E-state index in [1.807, 2.05) is 0 Å². The molecule has 2 fully saturated rings. The lowest BCUT2D eigenvalue weighted by molar-refractivity contribution is 0.0946. The third-order valence-corrected chi connectivity index (χ3v) is 7.17. The van der Waals surface area contributed by atoms with Gasteiger partial charge in [0.15, 0.2) is 17.2 Å². The monoisotopic (exact) mass is 419 g/mol. The number of sulfonamides is 1. The Bertz CT molecular complexity index is 1040. The summed E-state index contributed by atoms with van der Waals surface area (Å²) in [6, 6.07) is 4.48. The third kappa shape index (κ3) is 3.55. The minimum atomic E-state index is -3.64. The van der Waals surface area contributed by atoms with Gasteiger partial charge in [-0.1, -0.05) is 5.21 Å². The van der Waals surface area contributed by atoms with Gasteiger partial charge in [-0.3, -0.25) is 4.79 Å². The quantitative estimate of drug-likeness (QED) is 0.722. The van der Waals surface area contributed by atoms with E-state index in [1.54, 1.807) is 16.9 Å². The van der Waals surface area contributed by atoms with Crippen molar-refractivity contribution in [2.45, 2.75) is 23.8 Å². The van der Waals surface area contributed by atoms with Crippen molar-refractivity contribution in [1.29, 1.82) is 0 Å². The van der Waals surface area contributed by atoms with E-state index in [0.29, 0.717) is 37.2 Å². The summed E-state index contributed by atoms with van der Waals surface area (Å²) < 4.78 is 39.6. The van der Waals surface area contributed by atoms with Gasteiger partial charge in [0.2, 0.25) is 10.0 Å². The van der Waals surface area contributed by atoms with Crippen LogP contribution >= 0.6 is 0 Å². The molecule has 10 nitrogen and oxygen atoms in total. The van der Waals surface area contributed by atoms with Crippen LogP contribution in [0.3, 0.4) is 0 Å². The van der Waals surface area contributed by atoms with Crippen LogP contribution in [0.1, 0.15) is 29.4 Å². The summed E-state index contributed by atoms with van der Waals surface area (Å²) in [5.74, 6) is 1.32. The number of carbonyl (C=O) groups is 1. The van der Waals surface area contributed by atoms with E-state index in [0.717, 1.165) is 12.8 Å². The van der Waals surface area contributed by atoms with Gasteiger partial charge in [0.05, 0.1) is 17.1 Å². The molecule has 0 bridgehead atoms. The molecule has 0 radical (unpaired) electrons. The second-order valence-corrected chi connectivity index (χ2v) is 9.46. The van der Waals surface area contributed by atoms with Gasteiger partial charge in [0.1, 0.15) is 13.2 Å². The number of hydrogen-bond donors (Lipinski definition) is 1. The highest BCUT2D eigenvalue weighted by molar-refractivity contribution is 7.89. The van der Waals surface area contributed by atoms with Gasteiger partial charge in [-0.25, -0.2) is 13.1 Å². The maximum absolute atomic E-state index is 12.9. The first-order valence-electron chi connectivity index (χ1n) is 9.60. The van der Waals surface area contributed by atoms with Crippen LogP contribution in [-0.2, 0) is 10.0 Å². The number of nitrogens with one attached hydrogen (secondary N) is 1. The van der Waals surface area contributed by atoms with Gasteiger partial charge in [0.25, 0.3) is 5.91 Å². The van der Waals surface area contributed by atoms with Crippen LogP contribution in [0.4, 0.5) is 0 Å². The van der Waals surface area contributed by atoms with Crippen LogP contribution in [-0.4, -0.2) is 66.5 Å². The normalized spacial score (nSPS) is 19.6. The van der Waals surface area contributed by atoms with Crippen molar-refractivity contribution in [2.75, 3.05) is 32.8 Å². The molecule has 29 heavy (non-hydrogen) atoms. The van der Waals surface area contributed by atoms with Crippen molar-refractivity contribution in [3.05, 3.63) is 30.1 Å². The summed E-state index contributed by atoms with van der Waals surface area (Å²) in [5, 5.41) is 10.8. The second kappa shape index (κ2) is 6.99. The van der Waals surface area contributed by atoms with Gasteiger partial charge in [-0.05, 0) is 30.9 Å². The molecule has 1 aromatic carbocycles. The van der Waals surface area contributed by atoms with E-state index in [9.17, 15) is 13.2 Å². The standard InChI is InChI=1S/C18H21N5O5S/c24-18(19-8-12-1-2-12)15-11-23(21-20-15)13-9-22(10-13)29(25,26)14-3-4-16-17(7-14)28-6-5-27-16/h3-4,7,11-13H,1-2,5-6,8-10H2,(H,19,24). The predicted octanol–water partition coefficient (Wildman–Crippen LogP) is 0.435. The first kappa shape index (κ1) is 18.4. The SMILES string of the molecule is O=C(NCC1CC1)c1cn(C2CN(S(=O)(=O)c3ccc4c(c3)OCCO4)C2)nn1. The number of hydrogen-bond acceptors (Lipinski definition) is 7. The minimum Gasteiger partial charge on any atom is -0.486 e. The second-order valence-electron chi connectivity index (χ2n) is 7.52. The summed E-state index contributed by atoms with van der Waals surface area (Å²) in [6.45, 7) is 2.04. The van der Waals surface area contributed by atoms with Crippen LogP contribution in [0.2, 0.25) is 0 Å². The van der Waals surface area contributed by atoms with Gasteiger partial charge in [0, 0.05) is 25.7 Å². The fourth-order valence-electron chi connectivity index (χ4n) is 3.32. The molecule has 3 heterocycles. The summed E-state index contributed by atoms with van der Waals surface area (Å²) in [4.78, 5) is 12.3. The summed E-state index contributed by atoms with van der Waals surface area (Å²) in [6.07, 6.45) is 3.88. The molecule has 0 unspecified atom stereocenters. The first-order valence-corrected chi connectivity index (χ1v) is 11.0. The lowest BCUT2D eigenvalue weighted by Gasteiger charge is -2.37. The Morgan fingerprint density at radius 3 is 2.69 bits per heavy atom. The zero-order chi connectivity index (χ0) is 20.0. The number of aromatic nitrogens is 3. The average molecular weight is 419 g/mol. The number of nitrogens with zero attached hydrogens (tertiary/aromatic N) is 4. The molecule has 0 spiro atoms. The number of amides is 1. The number of benzene rings is 1. The van der Waals surface area contributed by atoms with Gasteiger partial charge < -0.3 is 14.8 Å². The smallest absolute Gasteiger partial charge is 0.273 e. The molecule has 1 aromatic heterocycles. The molecule has 1 saturated heterocycles. The maximum Gasteiger partial charge on any atom is 0.273 e. The zero-order valence-electron chi connectivity index (χ0n) is 15.7. The molecule has 1 saturated carbocycles. The number of fused-ring (bicyclic) bond motifs is 1. The van der Waals surface area contributed by atoms with E-state index in [-0.39, 0.29) is 35.6 Å². The zero-order valence-corrected chi connectivity index (χ0v) is 16.5. The molecular weight excluding hydrogens is 398 g/mol. The largest absolute Gasteiger partial charge is 0.486 e. The van der Waals surface area contributed by atoms with Crippen LogP contribution < -0.4 is 14.8 Å².